The fourth-order valence-electron chi connectivity index (χ4n) is 3.96. The molecule has 1 aliphatic rings. The fourth-order valence-corrected chi connectivity index (χ4v) is 5.10. The summed E-state index contributed by atoms with van der Waals surface area (Å²) in [5.74, 6) is -0.974. The lowest BCUT2D eigenvalue weighted by atomic mass is 10.0. The molecular formula is C23H24F2N2O3S. The van der Waals surface area contributed by atoms with Crippen LogP contribution in [-0.2, 0) is 16.1 Å². The molecular weight excluding hydrogens is 422 g/mol. The van der Waals surface area contributed by atoms with Gasteiger partial charge < -0.3 is 14.8 Å². The largest absolute Gasteiger partial charge is 0.380 e. The van der Waals surface area contributed by atoms with Gasteiger partial charge in [0.15, 0.2) is 0 Å². The maximum Gasteiger partial charge on any atom is 0.261 e. The predicted octanol–water partition coefficient (Wildman–Crippen LogP) is 4.13. The lowest BCUT2D eigenvalue weighted by Crippen LogP contribution is -2.43. The lowest BCUT2D eigenvalue weighted by Gasteiger charge is -2.35. The maximum absolute atomic E-state index is 14.4. The van der Waals surface area contributed by atoms with E-state index in [1.165, 1.54) is 36.6 Å². The molecule has 0 spiro atoms. The van der Waals surface area contributed by atoms with Crippen LogP contribution in [0.15, 0.2) is 42.5 Å². The van der Waals surface area contributed by atoms with Crippen molar-refractivity contribution in [2.24, 2.45) is 0 Å². The second kappa shape index (κ2) is 9.82. The number of amides is 1. The maximum atomic E-state index is 14.4. The van der Waals surface area contributed by atoms with E-state index in [4.69, 9.17) is 9.47 Å². The van der Waals surface area contributed by atoms with Gasteiger partial charge in [0, 0.05) is 42.4 Å². The molecule has 2 heterocycles. The lowest BCUT2D eigenvalue weighted by molar-refractivity contribution is 0.0162. The van der Waals surface area contributed by atoms with Gasteiger partial charge in [-0.05, 0) is 29.8 Å². The van der Waals surface area contributed by atoms with Crippen LogP contribution in [0.5, 0.6) is 0 Å². The molecule has 1 amide bonds. The standard InChI is InChI=1S/C23H24F2N2O3S/c1-29-14-17-21-18(25)6-3-7-20(21)31-22(17)23(28)26-13-19(27-8-10-30-11-9-27)15-4-2-5-16(24)12-15/h2-7,12,19H,8-11,13-14H2,1H3,(H,26,28). The monoisotopic (exact) mass is 446 g/mol. The van der Waals surface area contributed by atoms with Gasteiger partial charge in [0.25, 0.3) is 5.91 Å². The Morgan fingerprint density at radius 2 is 2.00 bits per heavy atom. The summed E-state index contributed by atoms with van der Waals surface area (Å²) in [5, 5.41) is 3.41. The van der Waals surface area contributed by atoms with Crippen molar-refractivity contribution in [2.75, 3.05) is 40.0 Å². The smallest absolute Gasteiger partial charge is 0.261 e. The SMILES string of the molecule is COCc1c(C(=O)NCC(c2cccc(F)c2)N2CCOCC2)sc2cccc(F)c12. The van der Waals surface area contributed by atoms with Gasteiger partial charge in [-0.25, -0.2) is 8.78 Å². The summed E-state index contributed by atoms with van der Waals surface area (Å²) in [6, 6.07) is 11.0. The van der Waals surface area contributed by atoms with Gasteiger partial charge in [0.2, 0.25) is 0 Å². The third-order valence-corrected chi connectivity index (χ3v) is 6.63. The molecule has 1 fully saturated rings. The van der Waals surface area contributed by atoms with Crippen molar-refractivity contribution in [3.63, 3.8) is 0 Å². The number of nitrogens with one attached hydrogen (secondary N) is 1. The van der Waals surface area contributed by atoms with E-state index >= 15 is 0 Å². The summed E-state index contributed by atoms with van der Waals surface area (Å²) in [7, 11) is 1.52. The zero-order valence-electron chi connectivity index (χ0n) is 17.2. The molecule has 5 nitrogen and oxygen atoms in total. The minimum atomic E-state index is -0.370. The number of methoxy groups -OCH3 is 1. The Labute approximate surface area is 183 Å². The van der Waals surface area contributed by atoms with E-state index in [0.29, 0.717) is 53.4 Å². The number of benzene rings is 2. The molecule has 1 aromatic heterocycles. The van der Waals surface area contributed by atoms with Gasteiger partial charge in [-0.15, -0.1) is 11.3 Å². The first-order valence-electron chi connectivity index (χ1n) is 10.1. The number of carbonyl (C=O) groups is 1. The summed E-state index contributed by atoms with van der Waals surface area (Å²) in [5.41, 5.74) is 1.34. The van der Waals surface area contributed by atoms with Crippen LogP contribution in [0.4, 0.5) is 8.78 Å². The van der Waals surface area contributed by atoms with Gasteiger partial charge in [0.1, 0.15) is 11.6 Å². The Morgan fingerprint density at radius 1 is 1.23 bits per heavy atom. The average molecular weight is 447 g/mol. The van der Waals surface area contributed by atoms with Crippen molar-refractivity contribution in [2.45, 2.75) is 12.6 Å². The van der Waals surface area contributed by atoms with Gasteiger partial charge in [0.05, 0.1) is 30.7 Å². The Morgan fingerprint density at radius 3 is 2.74 bits per heavy atom. The number of ether oxygens (including phenoxy) is 2. The molecule has 0 aliphatic carbocycles. The van der Waals surface area contributed by atoms with Gasteiger partial charge in [-0.2, -0.15) is 0 Å². The van der Waals surface area contributed by atoms with Crippen molar-refractivity contribution >= 4 is 27.3 Å². The van der Waals surface area contributed by atoms with E-state index in [-0.39, 0.29) is 30.2 Å². The normalized spacial score (nSPS) is 15.8. The molecule has 31 heavy (non-hydrogen) atoms. The Balaban J connectivity index is 1.59. The van der Waals surface area contributed by atoms with Crippen molar-refractivity contribution in [1.29, 1.82) is 0 Å². The van der Waals surface area contributed by atoms with E-state index in [0.717, 1.165) is 5.56 Å². The van der Waals surface area contributed by atoms with E-state index in [9.17, 15) is 13.6 Å². The second-order valence-corrected chi connectivity index (χ2v) is 8.44. The summed E-state index contributed by atoms with van der Waals surface area (Å²) in [6.07, 6.45) is 0. The molecule has 1 N–H and O–H groups in total. The number of rotatable bonds is 7. The van der Waals surface area contributed by atoms with Crippen LogP contribution >= 0.6 is 11.3 Å². The summed E-state index contributed by atoms with van der Waals surface area (Å²) < 4.78 is 39.7. The fraction of sp³-hybridized carbons (Fsp3) is 0.348. The van der Waals surface area contributed by atoms with Crippen molar-refractivity contribution < 1.29 is 23.0 Å². The summed E-state index contributed by atoms with van der Waals surface area (Å²) in [4.78, 5) is 15.7. The molecule has 0 radical (unpaired) electrons. The third-order valence-electron chi connectivity index (χ3n) is 5.43. The van der Waals surface area contributed by atoms with Gasteiger partial charge >= 0.3 is 0 Å². The Kier molecular flexibility index (Phi) is 6.92. The van der Waals surface area contributed by atoms with Crippen LogP contribution in [-0.4, -0.2) is 50.8 Å². The highest BCUT2D eigenvalue weighted by molar-refractivity contribution is 7.21. The molecule has 1 saturated heterocycles. The molecule has 1 unspecified atom stereocenters. The van der Waals surface area contributed by atoms with Gasteiger partial charge in [-0.1, -0.05) is 18.2 Å². The quantitative estimate of drug-likeness (QED) is 0.593. The van der Waals surface area contributed by atoms with Crippen LogP contribution in [0, 0.1) is 11.6 Å². The highest BCUT2D eigenvalue weighted by Crippen LogP contribution is 2.34. The minimum Gasteiger partial charge on any atom is -0.380 e. The number of fused-ring (bicyclic) bond motifs is 1. The molecule has 8 heteroatoms. The number of morpholine rings is 1. The highest BCUT2D eigenvalue weighted by Gasteiger charge is 2.26. The predicted molar refractivity (Wildman–Crippen MR) is 116 cm³/mol. The third kappa shape index (κ3) is 4.77. The minimum absolute atomic E-state index is 0.139. The number of hydrogen-bond donors (Lipinski definition) is 1. The van der Waals surface area contributed by atoms with Crippen LogP contribution < -0.4 is 5.32 Å². The van der Waals surface area contributed by atoms with E-state index < -0.39 is 0 Å². The van der Waals surface area contributed by atoms with Crippen molar-refractivity contribution in [3.8, 4) is 0 Å². The van der Waals surface area contributed by atoms with E-state index in [1.54, 1.807) is 18.2 Å². The molecule has 4 rings (SSSR count). The molecule has 1 aliphatic heterocycles. The van der Waals surface area contributed by atoms with Crippen LogP contribution in [0.1, 0.15) is 26.8 Å². The first-order valence-corrected chi connectivity index (χ1v) is 10.9. The van der Waals surface area contributed by atoms with Crippen LogP contribution in [0.2, 0.25) is 0 Å². The Bertz CT molecular complexity index is 1070. The Hall–Kier alpha value is -2.39. The van der Waals surface area contributed by atoms with Crippen molar-refractivity contribution in [1.82, 2.24) is 10.2 Å². The first kappa shape index (κ1) is 21.8. The zero-order chi connectivity index (χ0) is 21.8. The topological polar surface area (TPSA) is 50.8 Å². The molecule has 0 saturated carbocycles. The zero-order valence-corrected chi connectivity index (χ0v) is 18.0. The molecule has 1 atom stereocenters. The molecule has 164 valence electrons. The number of hydrogen-bond acceptors (Lipinski definition) is 5. The van der Waals surface area contributed by atoms with E-state index in [2.05, 4.69) is 10.2 Å². The summed E-state index contributed by atoms with van der Waals surface area (Å²) in [6.45, 7) is 3.01. The van der Waals surface area contributed by atoms with Crippen LogP contribution in [0.3, 0.4) is 0 Å². The van der Waals surface area contributed by atoms with Crippen molar-refractivity contribution in [3.05, 3.63) is 70.1 Å². The molecule has 2 aromatic carbocycles. The van der Waals surface area contributed by atoms with Gasteiger partial charge in [-0.3, -0.25) is 9.69 Å². The average Bonchev–Trinajstić information content (AvgIpc) is 3.15. The summed E-state index contributed by atoms with van der Waals surface area (Å²) >= 11 is 1.25. The number of nitrogens with zero attached hydrogens (tertiary/aromatic N) is 1. The second-order valence-electron chi connectivity index (χ2n) is 7.38. The number of halogens is 2. The number of carbonyl (C=O) groups excluding carboxylic acids is 1. The highest BCUT2D eigenvalue weighted by atomic mass is 32.1. The molecule has 3 aromatic rings. The first-order chi connectivity index (χ1) is 15.1. The van der Waals surface area contributed by atoms with Crippen LogP contribution in [0.25, 0.3) is 10.1 Å². The van der Waals surface area contributed by atoms with E-state index in [1.807, 2.05) is 6.07 Å². The molecule has 0 bridgehead atoms. The number of thiophene rings is 1.